The second-order valence-corrected chi connectivity index (χ2v) is 6.08. The van der Waals surface area contributed by atoms with Crippen molar-refractivity contribution < 1.29 is 14.6 Å². The summed E-state index contributed by atoms with van der Waals surface area (Å²) in [6.45, 7) is 4.68. The van der Waals surface area contributed by atoms with Gasteiger partial charge in [-0.05, 0) is 54.4 Å². The molecule has 3 aromatic rings. The summed E-state index contributed by atoms with van der Waals surface area (Å²) in [5.74, 6) is 2.00. The maximum atomic E-state index is 9.52. The van der Waals surface area contributed by atoms with Crippen LogP contribution in [0.2, 0.25) is 0 Å². The molecule has 130 valence electrons. The minimum atomic E-state index is 0.204. The highest BCUT2D eigenvalue weighted by molar-refractivity contribution is 5.59. The van der Waals surface area contributed by atoms with Gasteiger partial charge in [0.1, 0.15) is 11.5 Å². The van der Waals surface area contributed by atoms with E-state index in [0.717, 1.165) is 17.0 Å². The van der Waals surface area contributed by atoms with Crippen molar-refractivity contribution in [1.82, 2.24) is 14.8 Å². The Labute approximate surface area is 146 Å². The summed E-state index contributed by atoms with van der Waals surface area (Å²) in [6.07, 6.45) is 0. The largest absolute Gasteiger partial charge is 0.508 e. The van der Waals surface area contributed by atoms with Gasteiger partial charge < -0.3 is 14.6 Å². The Morgan fingerprint density at radius 3 is 2.32 bits per heavy atom. The van der Waals surface area contributed by atoms with Crippen LogP contribution < -0.4 is 9.47 Å². The molecule has 0 aliphatic carbocycles. The lowest BCUT2D eigenvalue weighted by atomic mass is 10.2. The van der Waals surface area contributed by atoms with Gasteiger partial charge in [0.2, 0.25) is 0 Å². The lowest BCUT2D eigenvalue weighted by Crippen LogP contribution is -2.06. The molecule has 25 heavy (non-hydrogen) atoms. The Morgan fingerprint density at radius 1 is 1.04 bits per heavy atom. The van der Waals surface area contributed by atoms with Crippen LogP contribution in [0.3, 0.4) is 0 Å². The van der Waals surface area contributed by atoms with Crippen molar-refractivity contribution in [2.75, 3.05) is 13.7 Å². The molecule has 0 aliphatic rings. The summed E-state index contributed by atoms with van der Waals surface area (Å²) in [6, 6.07) is 14.7. The van der Waals surface area contributed by atoms with Crippen molar-refractivity contribution in [2.45, 2.75) is 13.8 Å². The monoisotopic (exact) mass is 339 g/mol. The zero-order valence-electron chi connectivity index (χ0n) is 14.5. The topological polar surface area (TPSA) is 69.4 Å². The molecule has 0 unspecified atom stereocenters. The molecule has 1 heterocycles. The van der Waals surface area contributed by atoms with E-state index in [9.17, 15) is 5.11 Å². The van der Waals surface area contributed by atoms with Gasteiger partial charge >= 0.3 is 6.01 Å². The molecule has 0 saturated heterocycles. The van der Waals surface area contributed by atoms with E-state index in [1.165, 1.54) is 0 Å². The van der Waals surface area contributed by atoms with Gasteiger partial charge in [-0.2, -0.15) is 4.98 Å². The van der Waals surface area contributed by atoms with Crippen molar-refractivity contribution in [3.05, 3.63) is 48.5 Å². The minimum absolute atomic E-state index is 0.204. The number of aromatic hydroxyl groups is 1. The molecular formula is C19H21N3O3. The first-order valence-electron chi connectivity index (χ1n) is 8.10. The number of methoxy groups -OCH3 is 1. The highest BCUT2D eigenvalue weighted by Gasteiger charge is 2.15. The number of nitrogens with zero attached hydrogens (tertiary/aromatic N) is 3. The van der Waals surface area contributed by atoms with E-state index >= 15 is 0 Å². The molecule has 1 N–H and O–H groups in total. The fraction of sp³-hybridized carbons (Fsp3) is 0.263. The van der Waals surface area contributed by atoms with Crippen LogP contribution in [0.5, 0.6) is 17.5 Å². The first-order valence-corrected chi connectivity index (χ1v) is 8.10. The molecule has 1 aromatic heterocycles. The fourth-order valence-electron chi connectivity index (χ4n) is 2.30. The molecule has 6 heteroatoms. The highest BCUT2D eigenvalue weighted by Crippen LogP contribution is 2.26. The molecule has 0 bridgehead atoms. The average Bonchev–Trinajstić information content (AvgIpc) is 3.05. The third-order valence-electron chi connectivity index (χ3n) is 3.58. The third kappa shape index (κ3) is 3.91. The molecule has 0 radical (unpaired) electrons. The second-order valence-electron chi connectivity index (χ2n) is 6.08. The maximum Gasteiger partial charge on any atom is 0.336 e. The number of phenols is 1. The SMILES string of the molecule is COc1ccc(-n2nc(OCC(C)C)nc2-c2ccc(O)cc2)cc1. The van der Waals surface area contributed by atoms with Gasteiger partial charge in [-0.3, -0.25) is 0 Å². The van der Waals surface area contributed by atoms with Gasteiger partial charge in [0.25, 0.3) is 0 Å². The molecule has 2 aromatic carbocycles. The van der Waals surface area contributed by atoms with Crippen LogP contribution in [0, 0.1) is 5.92 Å². The normalized spacial score (nSPS) is 10.9. The first-order chi connectivity index (χ1) is 12.1. The summed E-state index contributed by atoms with van der Waals surface area (Å²) < 4.78 is 12.6. The molecular weight excluding hydrogens is 318 g/mol. The number of benzene rings is 2. The van der Waals surface area contributed by atoms with E-state index in [1.54, 1.807) is 36.1 Å². The molecule has 6 nitrogen and oxygen atoms in total. The Hall–Kier alpha value is -3.02. The van der Waals surface area contributed by atoms with Crippen LogP contribution in [0.4, 0.5) is 0 Å². The summed E-state index contributed by atoms with van der Waals surface area (Å²) in [5, 5.41) is 14.0. The summed E-state index contributed by atoms with van der Waals surface area (Å²) in [5.41, 5.74) is 1.68. The smallest absolute Gasteiger partial charge is 0.336 e. The van der Waals surface area contributed by atoms with E-state index in [0.29, 0.717) is 24.4 Å². The van der Waals surface area contributed by atoms with Crippen molar-refractivity contribution in [3.63, 3.8) is 0 Å². The molecule has 0 spiro atoms. The summed E-state index contributed by atoms with van der Waals surface area (Å²) >= 11 is 0. The number of aromatic nitrogens is 3. The maximum absolute atomic E-state index is 9.52. The van der Waals surface area contributed by atoms with Gasteiger partial charge in [0.15, 0.2) is 5.82 Å². The van der Waals surface area contributed by atoms with Gasteiger partial charge in [-0.15, -0.1) is 5.10 Å². The predicted octanol–water partition coefficient (Wildman–Crippen LogP) is 3.68. The van der Waals surface area contributed by atoms with E-state index in [4.69, 9.17) is 9.47 Å². The molecule has 0 amide bonds. The number of hydrogen-bond donors (Lipinski definition) is 1. The van der Waals surface area contributed by atoms with Crippen LogP contribution >= 0.6 is 0 Å². The van der Waals surface area contributed by atoms with E-state index < -0.39 is 0 Å². The fourth-order valence-corrected chi connectivity index (χ4v) is 2.30. The standard InChI is InChI=1S/C19H21N3O3/c1-13(2)12-25-19-20-18(14-4-8-16(23)9-5-14)22(21-19)15-6-10-17(24-3)11-7-15/h4-11,13,23H,12H2,1-3H3. The van der Waals surface area contributed by atoms with E-state index in [1.807, 2.05) is 24.3 Å². The van der Waals surface area contributed by atoms with Crippen LogP contribution in [0.1, 0.15) is 13.8 Å². The van der Waals surface area contributed by atoms with Crippen molar-refractivity contribution in [1.29, 1.82) is 0 Å². The Morgan fingerprint density at radius 2 is 1.72 bits per heavy atom. The van der Waals surface area contributed by atoms with Gasteiger partial charge in [0.05, 0.1) is 19.4 Å². The van der Waals surface area contributed by atoms with Crippen molar-refractivity contribution in [3.8, 4) is 34.6 Å². The summed E-state index contributed by atoms with van der Waals surface area (Å²) in [4.78, 5) is 4.52. The molecule has 0 saturated carbocycles. The van der Waals surface area contributed by atoms with Crippen LogP contribution in [-0.2, 0) is 0 Å². The van der Waals surface area contributed by atoms with Crippen LogP contribution in [-0.4, -0.2) is 33.6 Å². The first kappa shape index (κ1) is 16.8. The highest BCUT2D eigenvalue weighted by atomic mass is 16.5. The minimum Gasteiger partial charge on any atom is -0.508 e. The number of ether oxygens (including phenoxy) is 2. The Kier molecular flexibility index (Phi) is 4.88. The number of hydrogen-bond acceptors (Lipinski definition) is 5. The quantitative estimate of drug-likeness (QED) is 0.742. The third-order valence-corrected chi connectivity index (χ3v) is 3.58. The van der Waals surface area contributed by atoms with Gasteiger partial charge in [0, 0.05) is 5.56 Å². The van der Waals surface area contributed by atoms with Gasteiger partial charge in [-0.25, -0.2) is 4.68 Å². The van der Waals surface area contributed by atoms with Crippen LogP contribution in [0.25, 0.3) is 17.1 Å². The molecule has 0 atom stereocenters. The Balaban J connectivity index is 2.02. The van der Waals surface area contributed by atoms with E-state index in [2.05, 4.69) is 23.9 Å². The summed E-state index contributed by atoms with van der Waals surface area (Å²) in [7, 11) is 1.63. The Bertz CT molecular complexity index is 824. The van der Waals surface area contributed by atoms with Gasteiger partial charge in [-0.1, -0.05) is 13.8 Å². The van der Waals surface area contributed by atoms with Crippen molar-refractivity contribution >= 4 is 0 Å². The molecule has 0 aliphatic heterocycles. The predicted molar refractivity (Wildman–Crippen MR) is 95.3 cm³/mol. The number of phenolic OH excluding ortho intramolecular Hbond substituents is 1. The molecule has 0 fully saturated rings. The van der Waals surface area contributed by atoms with Crippen molar-refractivity contribution in [2.24, 2.45) is 5.92 Å². The number of rotatable bonds is 6. The zero-order valence-corrected chi connectivity index (χ0v) is 14.5. The lowest BCUT2D eigenvalue weighted by molar-refractivity contribution is 0.251. The van der Waals surface area contributed by atoms with Crippen LogP contribution in [0.15, 0.2) is 48.5 Å². The molecule has 3 rings (SSSR count). The average molecular weight is 339 g/mol. The zero-order chi connectivity index (χ0) is 17.8. The lowest BCUT2D eigenvalue weighted by Gasteiger charge is -2.07. The second kappa shape index (κ2) is 7.25. The van der Waals surface area contributed by atoms with E-state index in [-0.39, 0.29) is 5.75 Å².